The standard InChI is InChI=1S/C30H50O8/c1-28(2)16-14-12-10-8-6-4-3-5-7-9-11-13-15-18-38-29(26-30(32)33)27-37-25-24-36-23-22-35-21-20-34-19-17-31/h17,20-25,27-28H,3-16,18-19,26H2,1-2H3,(H,32,33). The average Bonchev–Trinajstić information content (AvgIpc) is 2.88. The molecule has 0 aromatic rings. The highest BCUT2D eigenvalue weighted by molar-refractivity contribution is 5.69. The molecule has 8 nitrogen and oxygen atoms in total. The molecular formula is C30H50O8. The number of aliphatic carboxylic acids is 1. The van der Waals surface area contributed by atoms with Crippen molar-refractivity contribution in [3.8, 4) is 0 Å². The summed E-state index contributed by atoms with van der Waals surface area (Å²) in [6, 6.07) is 0. The normalized spacial score (nSPS) is 12.0. The molecule has 8 heteroatoms. The predicted molar refractivity (Wildman–Crippen MR) is 148 cm³/mol. The highest BCUT2D eigenvalue weighted by Crippen LogP contribution is 2.14. The summed E-state index contributed by atoms with van der Waals surface area (Å²) in [6.07, 6.45) is 27.1. The van der Waals surface area contributed by atoms with Gasteiger partial charge in [0.2, 0.25) is 0 Å². The Hall–Kier alpha value is -2.90. The first-order valence-electron chi connectivity index (χ1n) is 14.1. The molecule has 0 saturated carbocycles. The zero-order chi connectivity index (χ0) is 27.9. The number of hydrogen-bond acceptors (Lipinski definition) is 7. The summed E-state index contributed by atoms with van der Waals surface area (Å²) in [5.74, 6) is 0.101. The molecule has 0 aliphatic carbocycles. The van der Waals surface area contributed by atoms with Crippen LogP contribution in [0.1, 0.15) is 110 Å². The summed E-state index contributed by atoms with van der Waals surface area (Å²) >= 11 is 0. The molecule has 218 valence electrons. The molecule has 0 radical (unpaired) electrons. The molecule has 0 aliphatic rings. The minimum atomic E-state index is -0.989. The van der Waals surface area contributed by atoms with Crippen LogP contribution in [0, 0.1) is 5.92 Å². The Morgan fingerprint density at radius 1 is 0.684 bits per heavy atom. The maximum atomic E-state index is 11.0. The second-order valence-corrected chi connectivity index (χ2v) is 9.51. The Morgan fingerprint density at radius 2 is 1.16 bits per heavy atom. The van der Waals surface area contributed by atoms with Gasteiger partial charge in [-0.1, -0.05) is 97.3 Å². The summed E-state index contributed by atoms with van der Waals surface area (Å²) in [4.78, 5) is 21.1. The smallest absolute Gasteiger partial charge is 0.311 e. The van der Waals surface area contributed by atoms with Crippen molar-refractivity contribution >= 4 is 12.3 Å². The van der Waals surface area contributed by atoms with Gasteiger partial charge in [-0.2, -0.15) is 0 Å². The van der Waals surface area contributed by atoms with Crippen LogP contribution in [0.4, 0.5) is 0 Å². The van der Waals surface area contributed by atoms with E-state index in [-0.39, 0.29) is 18.8 Å². The van der Waals surface area contributed by atoms with Crippen molar-refractivity contribution < 1.29 is 38.4 Å². The minimum Gasteiger partial charge on any atom is -0.494 e. The van der Waals surface area contributed by atoms with Crippen molar-refractivity contribution in [3.63, 3.8) is 0 Å². The van der Waals surface area contributed by atoms with Gasteiger partial charge in [0.25, 0.3) is 0 Å². The number of unbranched alkanes of at least 4 members (excludes halogenated alkanes) is 12. The largest absolute Gasteiger partial charge is 0.494 e. The molecule has 0 atom stereocenters. The molecule has 0 aromatic carbocycles. The molecular weight excluding hydrogens is 488 g/mol. The van der Waals surface area contributed by atoms with E-state index in [1.54, 1.807) is 0 Å². The quantitative estimate of drug-likeness (QED) is 0.0605. The molecule has 0 rings (SSSR count). The van der Waals surface area contributed by atoms with E-state index in [4.69, 9.17) is 28.8 Å². The molecule has 38 heavy (non-hydrogen) atoms. The van der Waals surface area contributed by atoms with Gasteiger partial charge >= 0.3 is 5.97 Å². The van der Waals surface area contributed by atoms with Crippen molar-refractivity contribution in [2.75, 3.05) is 13.2 Å². The first kappa shape index (κ1) is 35.1. The molecule has 0 bridgehead atoms. The molecule has 0 saturated heterocycles. The number of carboxylic acids is 1. The Balaban J connectivity index is 3.73. The van der Waals surface area contributed by atoms with Gasteiger partial charge in [-0.15, -0.1) is 0 Å². The fourth-order valence-electron chi connectivity index (χ4n) is 3.58. The number of rotatable bonds is 28. The summed E-state index contributed by atoms with van der Waals surface area (Å²) in [5, 5.41) is 9.05. The Labute approximate surface area is 229 Å². The number of carbonyl (C=O) groups excluding carboxylic acids is 1. The summed E-state index contributed by atoms with van der Waals surface area (Å²) < 4.78 is 25.4. The Morgan fingerprint density at radius 3 is 1.66 bits per heavy atom. The third-order valence-corrected chi connectivity index (χ3v) is 5.56. The van der Waals surface area contributed by atoms with Crippen molar-refractivity contribution in [3.05, 3.63) is 49.6 Å². The number of aldehydes is 1. The first-order valence-corrected chi connectivity index (χ1v) is 14.1. The minimum absolute atomic E-state index is 0.0413. The molecule has 0 unspecified atom stereocenters. The summed E-state index contributed by atoms with van der Waals surface area (Å²) in [5.41, 5.74) is 0. The van der Waals surface area contributed by atoms with Crippen LogP contribution >= 0.6 is 0 Å². The van der Waals surface area contributed by atoms with Crippen molar-refractivity contribution in [2.24, 2.45) is 5.92 Å². The van der Waals surface area contributed by atoms with E-state index in [1.807, 2.05) is 0 Å². The monoisotopic (exact) mass is 538 g/mol. The van der Waals surface area contributed by atoms with Crippen LogP contribution in [0.5, 0.6) is 0 Å². The number of carbonyl (C=O) groups is 2. The predicted octanol–water partition coefficient (Wildman–Crippen LogP) is 8.12. The van der Waals surface area contributed by atoms with E-state index in [0.29, 0.717) is 12.9 Å². The van der Waals surface area contributed by atoms with E-state index < -0.39 is 5.97 Å². The van der Waals surface area contributed by atoms with Crippen LogP contribution in [0.15, 0.2) is 49.6 Å². The zero-order valence-corrected chi connectivity index (χ0v) is 23.5. The molecule has 0 spiro atoms. The molecule has 0 fully saturated rings. The molecule has 0 aliphatic heterocycles. The zero-order valence-electron chi connectivity index (χ0n) is 23.5. The van der Waals surface area contributed by atoms with E-state index in [1.165, 1.54) is 121 Å². The van der Waals surface area contributed by atoms with E-state index >= 15 is 0 Å². The lowest BCUT2D eigenvalue weighted by atomic mass is 10.0. The van der Waals surface area contributed by atoms with Gasteiger partial charge in [0, 0.05) is 0 Å². The van der Waals surface area contributed by atoms with Crippen molar-refractivity contribution in [1.29, 1.82) is 0 Å². The first-order chi connectivity index (χ1) is 18.6. The van der Waals surface area contributed by atoms with Gasteiger partial charge in [0.15, 0.2) is 6.29 Å². The molecule has 0 heterocycles. The lowest BCUT2D eigenvalue weighted by Crippen LogP contribution is -2.03. The highest BCUT2D eigenvalue weighted by atomic mass is 16.5. The van der Waals surface area contributed by atoms with Gasteiger partial charge in [0.1, 0.15) is 62.6 Å². The van der Waals surface area contributed by atoms with Crippen LogP contribution < -0.4 is 0 Å². The Kier molecular flexibility index (Phi) is 26.5. The highest BCUT2D eigenvalue weighted by Gasteiger charge is 2.06. The van der Waals surface area contributed by atoms with Crippen molar-refractivity contribution in [2.45, 2.75) is 110 Å². The van der Waals surface area contributed by atoms with Gasteiger partial charge in [0.05, 0.1) is 6.61 Å². The third-order valence-electron chi connectivity index (χ3n) is 5.56. The average molecular weight is 539 g/mol. The number of carboxylic acid groups (broad SMARTS) is 1. The number of hydrogen-bond donors (Lipinski definition) is 1. The van der Waals surface area contributed by atoms with E-state index in [9.17, 15) is 9.59 Å². The molecule has 0 aromatic heterocycles. The van der Waals surface area contributed by atoms with E-state index in [2.05, 4.69) is 13.8 Å². The maximum Gasteiger partial charge on any atom is 0.311 e. The second kappa shape index (κ2) is 28.7. The summed E-state index contributed by atoms with van der Waals surface area (Å²) in [7, 11) is 0. The van der Waals surface area contributed by atoms with Gasteiger partial charge < -0.3 is 28.8 Å². The van der Waals surface area contributed by atoms with Gasteiger partial charge in [-0.25, -0.2) is 0 Å². The lowest BCUT2D eigenvalue weighted by Gasteiger charge is -2.08. The van der Waals surface area contributed by atoms with Gasteiger partial charge in [-0.05, 0) is 12.3 Å². The van der Waals surface area contributed by atoms with Crippen molar-refractivity contribution in [1.82, 2.24) is 0 Å². The maximum absolute atomic E-state index is 11.0. The van der Waals surface area contributed by atoms with Crippen LogP contribution in [-0.4, -0.2) is 30.6 Å². The lowest BCUT2D eigenvalue weighted by molar-refractivity contribution is -0.137. The summed E-state index contributed by atoms with van der Waals surface area (Å²) in [6.45, 7) is 5.02. The fourth-order valence-corrected chi connectivity index (χ4v) is 3.58. The van der Waals surface area contributed by atoms with Crippen LogP contribution in [-0.2, 0) is 33.3 Å². The van der Waals surface area contributed by atoms with Crippen LogP contribution in [0.3, 0.4) is 0 Å². The molecule has 0 amide bonds. The SMILES string of the molecule is CC(C)CCCCCCCCCCCCCCCOC(=COC=COC=COC=COCC=O)CC(=O)O. The Bertz CT molecular complexity index is 667. The topological polar surface area (TPSA) is 101 Å². The molecule has 1 N–H and O–H groups in total. The van der Waals surface area contributed by atoms with Gasteiger partial charge in [-0.3, -0.25) is 9.59 Å². The third kappa shape index (κ3) is 29.3. The van der Waals surface area contributed by atoms with E-state index in [0.717, 1.165) is 18.8 Å². The van der Waals surface area contributed by atoms with Crippen LogP contribution in [0.2, 0.25) is 0 Å². The fraction of sp³-hybridized carbons (Fsp3) is 0.667. The number of ether oxygens (including phenoxy) is 5. The van der Waals surface area contributed by atoms with Crippen LogP contribution in [0.25, 0.3) is 0 Å². The second-order valence-electron chi connectivity index (χ2n) is 9.51.